The third kappa shape index (κ3) is 3.04. The topological polar surface area (TPSA) is 20.3 Å². The minimum absolute atomic E-state index is 0.539. The Kier molecular flexibility index (Phi) is 4.15. The van der Waals surface area contributed by atoms with Crippen LogP contribution >= 0.6 is 11.3 Å². The van der Waals surface area contributed by atoms with Crippen LogP contribution < -0.4 is 0 Å². The van der Waals surface area contributed by atoms with Gasteiger partial charge in [-0.05, 0) is 47.4 Å². The van der Waals surface area contributed by atoms with Crippen molar-refractivity contribution in [3.63, 3.8) is 0 Å². The maximum absolute atomic E-state index is 10.9. The molecule has 2 bridgehead atoms. The predicted octanol–water partition coefficient (Wildman–Crippen LogP) is 4.77. The van der Waals surface area contributed by atoms with Crippen LogP contribution in [0, 0.1) is 0 Å². The molecular weight excluding hydrogens is 302 g/mol. The van der Waals surface area contributed by atoms with Gasteiger partial charge in [0.1, 0.15) is 0 Å². The van der Waals surface area contributed by atoms with Crippen LogP contribution in [0.25, 0.3) is 5.57 Å². The zero-order valence-corrected chi connectivity index (χ0v) is 14.0. The summed E-state index contributed by atoms with van der Waals surface area (Å²) < 4.78 is 0. The Morgan fingerprint density at radius 1 is 1.22 bits per heavy atom. The van der Waals surface area contributed by atoms with Crippen LogP contribution in [0.3, 0.4) is 0 Å². The van der Waals surface area contributed by atoms with E-state index in [1.165, 1.54) is 36.0 Å². The number of hydrogen-bond donors (Lipinski definition) is 0. The Morgan fingerprint density at radius 3 is 2.83 bits per heavy atom. The van der Waals surface area contributed by atoms with Gasteiger partial charge in [0.2, 0.25) is 0 Å². The fourth-order valence-corrected chi connectivity index (χ4v) is 4.69. The molecule has 0 aliphatic carbocycles. The number of fused-ring (bicyclic) bond motifs is 2. The summed E-state index contributed by atoms with van der Waals surface area (Å²) in [4.78, 5) is 14.4. The average molecular weight is 323 g/mol. The summed E-state index contributed by atoms with van der Waals surface area (Å²) in [6.07, 6.45) is 8.38. The molecule has 4 rings (SSSR count). The molecule has 3 heteroatoms. The van der Waals surface area contributed by atoms with E-state index in [4.69, 9.17) is 0 Å². The average Bonchev–Trinajstić information content (AvgIpc) is 3.05. The van der Waals surface area contributed by atoms with Gasteiger partial charge in [-0.3, -0.25) is 9.69 Å². The van der Waals surface area contributed by atoms with Gasteiger partial charge in [0, 0.05) is 18.6 Å². The first-order chi connectivity index (χ1) is 11.3. The Hall–Kier alpha value is -1.71. The van der Waals surface area contributed by atoms with E-state index in [9.17, 15) is 4.79 Å². The molecule has 1 aromatic carbocycles. The third-order valence-corrected chi connectivity index (χ3v) is 5.95. The summed E-state index contributed by atoms with van der Waals surface area (Å²) in [7, 11) is 0. The molecule has 1 fully saturated rings. The molecule has 0 N–H and O–H groups in total. The minimum atomic E-state index is 0.539. The van der Waals surface area contributed by atoms with E-state index in [0.717, 1.165) is 24.1 Å². The number of nitrogens with zero attached hydrogens (tertiary/aromatic N) is 1. The van der Waals surface area contributed by atoms with Gasteiger partial charge in [-0.2, -0.15) is 0 Å². The van der Waals surface area contributed by atoms with E-state index in [-0.39, 0.29) is 0 Å². The number of benzene rings is 1. The summed E-state index contributed by atoms with van der Waals surface area (Å²) in [5.74, 6) is 0. The predicted molar refractivity (Wildman–Crippen MR) is 95.7 cm³/mol. The van der Waals surface area contributed by atoms with Gasteiger partial charge in [-0.25, -0.2) is 0 Å². The molecule has 3 heterocycles. The van der Waals surface area contributed by atoms with Gasteiger partial charge < -0.3 is 0 Å². The second-order valence-electron chi connectivity index (χ2n) is 6.56. The molecule has 0 saturated carbocycles. The fraction of sp³-hybridized carbons (Fsp3) is 0.350. The number of rotatable bonds is 4. The second kappa shape index (κ2) is 6.42. The molecule has 2 unspecified atom stereocenters. The number of hydrogen-bond acceptors (Lipinski definition) is 3. The lowest BCUT2D eigenvalue weighted by atomic mass is 9.83. The smallest absolute Gasteiger partial charge is 0.160 e. The highest BCUT2D eigenvalue weighted by Crippen LogP contribution is 2.38. The molecule has 1 aromatic heterocycles. The van der Waals surface area contributed by atoms with E-state index in [1.54, 1.807) is 11.3 Å². The maximum atomic E-state index is 10.9. The first-order valence-corrected chi connectivity index (χ1v) is 9.26. The first-order valence-electron chi connectivity index (χ1n) is 8.38. The third-order valence-electron chi connectivity index (χ3n) is 5.10. The van der Waals surface area contributed by atoms with E-state index in [0.29, 0.717) is 12.1 Å². The molecule has 2 aliphatic heterocycles. The molecule has 1 saturated heterocycles. The summed E-state index contributed by atoms with van der Waals surface area (Å²) >= 11 is 1.55. The summed E-state index contributed by atoms with van der Waals surface area (Å²) in [5, 5.41) is 2.14. The first kappa shape index (κ1) is 14.9. The molecule has 2 nitrogen and oxygen atoms in total. The van der Waals surface area contributed by atoms with Crippen molar-refractivity contribution in [3.05, 3.63) is 63.9 Å². The van der Waals surface area contributed by atoms with Crippen LogP contribution in [0.5, 0.6) is 0 Å². The van der Waals surface area contributed by atoms with E-state index in [2.05, 4.69) is 46.7 Å². The van der Waals surface area contributed by atoms with Crippen molar-refractivity contribution in [2.24, 2.45) is 0 Å². The lowest BCUT2D eigenvalue weighted by Gasteiger charge is -2.45. The Balaban J connectivity index is 1.59. The van der Waals surface area contributed by atoms with Crippen molar-refractivity contribution < 1.29 is 4.79 Å². The van der Waals surface area contributed by atoms with Crippen LogP contribution in [-0.2, 0) is 6.54 Å². The molecule has 0 spiro atoms. The lowest BCUT2D eigenvalue weighted by molar-refractivity contribution is 0.0951. The highest BCUT2D eigenvalue weighted by Gasteiger charge is 2.34. The number of thiophene rings is 1. The SMILES string of the molecule is O=Cc1cc(C2=CC3CCCC(C2)N3Cc2ccccc2)cs1. The number of aldehydes is 1. The molecule has 0 radical (unpaired) electrons. The van der Waals surface area contributed by atoms with Gasteiger partial charge in [0.05, 0.1) is 4.88 Å². The molecule has 118 valence electrons. The zero-order chi connectivity index (χ0) is 15.6. The van der Waals surface area contributed by atoms with Crippen molar-refractivity contribution >= 4 is 23.2 Å². The molecule has 23 heavy (non-hydrogen) atoms. The lowest BCUT2D eigenvalue weighted by Crippen LogP contribution is -2.47. The molecule has 2 aromatic rings. The number of carbonyl (C=O) groups is 1. The normalized spacial score (nSPS) is 24.3. The summed E-state index contributed by atoms with van der Waals surface area (Å²) in [6, 6.07) is 14.0. The Morgan fingerprint density at radius 2 is 2.09 bits per heavy atom. The van der Waals surface area contributed by atoms with Crippen LogP contribution in [-0.4, -0.2) is 23.3 Å². The van der Waals surface area contributed by atoms with Gasteiger partial charge in [0.15, 0.2) is 6.29 Å². The van der Waals surface area contributed by atoms with Crippen LogP contribution in [0.4, 0.5) is 0 Å². The van der Waals surface area contributed by atoms with Crippen molar-refractivity contribution in [2.45, 2.75) is 44.3 Å². The second-order valence-corrected chi connectivity index (χ2v) is 7.50. The molecule has 2 aliphatic rings. The van der Waals surface area contributed by atoms with Gasteiger partial charge in [-0.15, -0.1) is 11.3 Å². The van der Waals surface area contributed by atoms with Gasteiger partial charge in [-0.1, -0.05) is 42.8 Å². The summed E-state index contributed by atoms with van der Waals surface area (Å²) in [5.41, 5.74) is 4.10. The Bertz CT molecular complexity index is 718. The van der Waals surface area contributed by atoms with Crippen molar-refractivity contribution in [1.82, 2.24) is 4.90 Å². The van der Waals surface area contributed by atoms with Crippen molar-refractivity contribution in [2.75, 3.05) is 0 Å². The quantitative estimate of drug-likeness (QED) is 0.755. The monoisotopic (exact) mass is 323 g/mol. The van der Waals surface area contributed by atoms with E-state index in [1.807, 2.05) is 6.07 Å². The minimum Gasteiger partial charge on any atom is -0.297 e. The van der Waals surface area contributed by atoms with Gasteiger partial charge in [0.25, 0.3) is 0 Å². The number of carbonyl (C=O) groups excluding carboxylic acids is 1. The van der Waals surface area contributed by atoms with E-state index < -0.39 is 0 Å². The van der Waals surface area contributed by atoms with Crippen molar-refractivity contribution in [1.29, 1.82) is 0 Å². The number of piperidine rings is 1. The van der Waals surface area contributed by atoms with Crippen LogP contribution in [0.2, 0.25) is 0 Å². The molecule has 2 atom stereocenters. The van der Waals surface area contributed by atoms with Crippen LogP contribution in [0.1, 0.15) is 46.5 Å². The standard InChI is InChI=1S/C20H21NOS/c22-13-20-11-17(14-23-20)16-9-18-7-4-8-19(10-16)21(18)12-15-5-2-1-3-6-15/h1-3,5-6,9,11,13-14,18-19H,4,7-8,10,12H2. The zero-order valence-electron chi connectivity index (χ0n) is 13.2. The highest BCUT2D eigenvalue weighted by atomic mass is 32.1. The fourth-order valence-electron chi connectivity index (χ4n) is 3.96. The maximum Gasteiger partial charge on any atom is 0.160 e. The summed E-state index contributed by atoms with van der Waals surface area (Å²) in [6.45, 7) is 1.04. The molecule has 0 amide bonds. The van der Waals surface area contributed by atoms with Crippen LogP contribution in [0.15, 0.2) is 47.9 Å². The van der Waals surface area contributed by atoms with E-state index >= 15 is 0 Å². The largest absolute Gasteiger partial charge is 0.297 e. The Labute approximate surface area is 141 Å². The highest BCUT2D eigenvalue weighted by molar-refractivity contribution is 7.11. The molecular formula is C20H21NOS. The van der Waals surface area contributed by atoms with Crippen molar-refractivity contribution in [3.8, 4) is 0 Å². The van der Waals surface area contributed by atoms with Gasteiger partial charge >= 0.3 is 0 Å².